The van der Waals surface area contributed by atoms with Crippen molar-refractivity contribution in [2.45, 2.75) is 0 Å². The van der Waals surface area contributed by atoms with Crippen LogP contribution < -0.4 is 5.32 Å². The lowest BCUT2D eigenvalue weighted by Crippen LogP contribution is -2.00. The summed E-state index contributed by atoms with van der Waals surface area (Å²) in [4.78, 5) is 17.9. The first-order chi connectivity index (χ1) is 9.15. The molecule has 0 saturated heterocycles. The van der Waals surface area contributed by atoms with Crippen molar-refractivity contribution in [3.8, 4) is 0 Å². The van der Waals surface area contributed by atoms with Crippen molar-refractivity contribution in [1.82, 2.24) is 19.6 Å². The normalized spacial score (nSPS) is 10.8. The molecular formula is C11H8BrN5O2. The molecular weight excluding hydrogens is 314 g/mol. The highest BCUT2D eigenvalue weighted by Crippen LogP contribution is 2.20. The van der Waals surface area contributed by atoms with E-state index in [1.165, 1.54) is 4.52 Å². The summed E-state index contributed by atoms with van der Waals surface area (Å²) in [6.45, 7) is 0. The molecule has 0 unspecified atom stereocenters. The molecule has 0 aromatic carbocycles. The van der Waals surface area contributed by atoms with Gasteiger partial charge >= 0.3 is 5.97 Å². The minimum atomic E-state index is -1.10. The third kappa shape index (κ3) is 2.06. The van der Waals surface area contributed by atoms with Crippen molar-refractivity contribution in [3.05, 3.63) is 40.9 Å². The molecule has 3 rings (SSSR count). The first kappa shape index (κ1) is 11.7. The van der Waals surface area contributed by atoms with Gasteiger partial charge < -0.3 is 15.4 Å². The fourth-order valence-electron chi connectivity index (χ4n) is 1.66. The van der Waals surface area contributed by atoms with Crippen LogP contribution in [0.25, 0.3) is 5.65 Å². The zero-order valence-corrected chi connectivity index (χ0v) is 11.0. The zero-order valence-electron chi connectivity index (χ0n) is 9.46. The summed E-state index contributed by atoms with van der Waals surface area (Å²) in [5.74, 6) is -0.514. The van der Waals surface area contributed by atoms with E-state index in [9.17, 15) is 4.79 Å². The molecule has 19 heavy (non-hydrogen) atoms. The Balaban J connectivity index is 2.05. The van der Waals surface area contributed by atoms with E-state index < -0.39 is 5.97 Å². The van der Waals surface area contributed by atoms with Gasteiger partial charge in [0.2, 0.25) is 0 Å². The van der Waals surface area contributed by atoms with Crippen LogP contribution in [0.1, 0.15) is 10.5 Å². The largest absolute Gasteiger partial charge is 0.476 e. The number of hydrogen-bond acceptors (Lipinski definition) is 4. The maximum atomic E-state index is 11.0. The summed E-state index contributed by atoms with van der Waals surface area (Å²) in [7, 11) is 0. The number of anilines is 2. The maximum Gasteiger partial charge on any atom is 0.357 e. The second-order valence-corrected chi connectivity index (χ2v) is 4.52. The second-order valence-electron chi connectivity index (χ2n) is 3.77. The van der Waals surface area contributed by atoms with Gasteiger partial charge in [-0.3, -0.25) is 0 Å². The number of carbonyl (C=O) groups is 1. The van der Waals surface area contributed by atoms with Crippen LogP contribution in [0.4, 0.5) is 11.5 Å². The van der Waals surface area contributed by atoms with Crippen molar-refractivity contribution < 1.29 is 9.90 Å². The van der Waals surface area contributed by atoms with Crippen LogP contribution in [0.5, 0.6) is 0 Å². The molecule has 8 heteroatoms. The molecule has 0 spiro atoms. The number of nitrogens with one attached hydrogen (secondary N) is 2. The Morgan fingerprint density at radius 3 is 2.95 bits per heavy atom. The minimum Gasteiger partial charge on any atom is -0.476 e. The highest BCUT2D eigenvalue weighted by molar-refractivity contribution is 9.10. The number of H-pyrrole nitrogens is 1. The summed E-state index contributed by atoms with van der Waals surface area (Å²) in [6, 6.07) is 5.28. The first-order valence-corrected chi connectivity index (χ1v) is 6.13. The van der Waals surface area contributed by atoms with E-state index in [1.54, 1.807) is 24.5 Å². The van der Waals surface area contributed by atoms with Crippen LogP contribution in [0.3, 0.4) is 0 Å². The van der Waals surface area contributed by atoms with Crippen molar-refractivity contribution in [1.29, 1.82) is 0 Å². The van der Waals surface area contributed by atoms with Crippen LogP contribution in [-0.4, -0.2) is 30.7 Å². The summed E-state index contributed by atoms with van der Waals surface area (Å²) < 4.78 is 1.74. The first-order valence-electron chi connectivity index (χ1n) is 5.33. The van der Waals surface area contributed by atoms with Gasteiger partial charge in [0.05, 0.1) is 5.69 Å². The summed E-state index contributed by atoms with van der Waals surface area (Å²) in [5, 5.41) is 16.3. The van der Waals surface area contributed by atoms with Gasteiger partial charge in [-0.05, 0) is 34.1 Å². The van der Waals surface area contributed by atoms with Gasteiger partial charge in [-0.25, -0.2) is 14.3 Å². The monoisotopic (exact) mass is 321 g/mol. The van der Waals surface area contributed by atoms with Gasteiger partial charge in [-0.1, -0.05) is 0 Å². The summed E-state index contributed by atoms with van der Waals surface area (Å²) in [6.07, 6.45) is 3.58. The van der Waals surface area contributed by atoms with E-state index in [1.807, 2.05) is 6.07 Å². The number of halogens is 1. The molecule has 0 aliphatic carbocycles. The predicted molar refractivity (Wildman–Crippen MR) is 71.7 cm³/mol. The lowest BCUT2D eigenvalue weighted by molar-refractivity contribution is 0.0690. The fourth-order valence-corrected chi connectivity index (χ4v) is 2.18. The molecule has 0 fully saturated rings. The molecule has 0 bridgehead atoms. The molecule has 0 atom stereocenters. The van der Waals surface area contributed by atoms with E-state index in [0.717, 1.165) is 5.69 Å². The average Bonchev–Trinajstić information content (AvgIpc) is 2.98. The number of carboxylic acid groups (broad SMARTS) is 1. The minimum absolute atomic E-state index is 0.0636. The van der Waals surface area contributed by atoms with Gasteiger partial charge in [-0.15, -0.1) is 5.10 Å². The standard InChI is InChI=1S/C11H8BrN5O2/c12-10-9(11(18)19)15-8-2-1-7(16-17(8)10)14-6-3-4-13-5-6/h1-5,13H,(H,14,16)(H,18,19). The van der Waals surface area contributed by atoms with Crippen LogP contribution in [0.15, 0.2) is 35.2 Å². The van der Waals surface area contributed by atoms with E-state index in [-0.39, 0.29) is 5.69 Å². The number of imidazole rings is 1. The highest BCUT2D eigenvalue weighted by atomic mass is 79.9. The number of aromatic amines is 1. The molecule has 3 aromatic rings. The number of nitrogens with zero attached hydrogens (tertiary/aromatic N) is 3. The number of aromatic nitrogens is 4. The number of fused-ring (bicyclic) bond motifs is 1. The summed E-state index contributed by atoms with van der Waals surface area (Å²) >= 11 is 3.19. The molecule has 3 aromatic heterocycles. The molecule has 3 N–H and O–H groups in total. The van der Waals surface area contributed by atoms with Gasteiger partial charge in [0, 0.05) is 12.4 Å². The number of hydrogen-bond donors (Lipinski definition) is 3. The average molecular weight is 322 g/mol. The Hall–Kier alpha value is -2.35. The molecule has 96 valence electrons. The Kier molecular flexibility index (Phi) is 2.71. The number of rotatable bonds is 3. The molecule has 0 amide bonds. The second kappa shape index (κ2) is 4.39. The van der Waals surface area contributed by atoms with Crippen LogP contribution in [0.2, 0.25) is 0 Å². The Morgan fingerprint density at radius 2 is 2.26 bits per heavy atom. The lowest BCUT2D eigenvalue weighted by Gasteiger charge is -2.03. The maximum absolute atomic E-state index is 11.0. The SMILES string of the molecule is O=C(O)c1nc2ccc(Nc3cc[nH]c3)nn2c1Br. The molecule has 7 nitrogen and oxygen atoms in total. The number of carboxylic acids is 1. The topological polar surface area (TPSA) is 95.3 Å². The third-order valence-electron chi connectivity index (χ3n) is 2.50. The summed E-state index contributed by atoms with van der Waals surface area (Å²) in [5.41, 5.74) is 1.26. The van der Waals surface area contributed by atoms with Gasteiger partial charge in [-0.2, -0.15) is 0 Å². The van der Waals surface area contributed by atoms with Crippen LogP contribution >= 0.6 is 15.9 Å². The van der Waals surface area contributed by atoms with E-state index in [0.29, 0.717) is 16.1 Å². The Bertz CT molecular complexity index is 750. The van der Waals surface area contributed by atoms with Gasteiger partial charge in [0.15, 0.2) is 17.2 Å². The Morgan fingerprint density at radius 1 is 1.42 bits per heavy atom. The van der Waals surface area contributed by atoms with Crippen molar-refractivity contribution in [3.63, 3.8) is 0 Å². The van der Waals surface area contributed by atoms with E-state index >= 15 is 0 Å². The quantitative estimate of drug-likeness (QED) is 0.687. The van der Waals surface area contributed by atoms with Crippen LogP contribution in [0, 0.1) is 0 Å². The van der Waals surface area contributed by atoms with Crippen molar-refractivity contribution in [2.75, 3.05) is 5.32 Å². The van der Waals surface area contributed by atoms with Crippen molar-refractivity contribution >= 4 is 39.1 Å². The van der Waals surface area contributed by atoms with Crippen molar-refractivity contribution in [2.24, 2.45) is 0 Å². The molecule has 3 heterocycles. The molecule has 0 aliphatic heterocycles. The molecule has 0 aliphatic rings. The van der Waals surface area contributed by atoms with Gasteiger partial charge in [0.1, 0.15) is 4.60 Å². The predicted octanol–water partition coefficient (Wildman–Crippen LogP) is 2.26. The lowest BCUT2D eigenvalue weighted by atomic mass is 10.4. The fraction of sp³-hybridized carbons (Fsp3) is 0. The van der Waals surface area contributed by atoms with E-state index in [4.69, 9.17) is 5.11 Å². The van der Waals surface area contributed by atoms with Crippen LogP contribution in [-0.2, 0) is 0 Å². The third-order valence-corrected chi connectivity index (χ3v) is 3.21. The number of aromatic carboxylic acids is 1. The van der Waals surface area contributed by atoms with E-state index in [2.05, 4.69) is 36.3 Å². The molecule has 0 saturated carbocycles. The van der Waals surface area contributed by atoms with Gasteiger partial charge in [0.25, 0.3) is 0 Å². The molecule has 0 radical (unpaired) electrons. The zero-order chi connectivity index (χ0) is 13.4. The highest BCUT2D eigenvalue weighted by Gasteiger charge is 2.17. The smallest absolute Gasteiger partial charge is 0.357 e. The Labute approximate surface area is 115 Å².